The topological polar surface area (TPSA) is 80.3 Å². The number of rotatable bonds is 6. The third kappa shape index (κ3) is 4.54. The minimum Gasteiger partial charge on any atom is -0.465 e. The Morgan fingerprint density at radius 2 is 1.79 bits per heavy atom. The number of hydrogen-bond donors (Lipinski definition) is 2. The van der Waals surface area contributed by atoms with Crippen LogP contribution in [0.4, 0.5) is 11.4 Å². The smallest absolute Gasteiger partial charge is 0.339 e. The molecule has 2 N–H and O–H groups in total. The van der Waals surface area contributed by atoms with Crippen LogP contribution in [-0.2, 0) is 11.3 Å². The highest BCUT2D eigenvalue weighted by Crippen LogP contribution is 2.21. The Morgan fingerprint density at radius 1 is 1.04 bits per heavy atom. The molecule has 0 radical (unpaired) electrons. The van der Waals surface area contributed by atoms with E-state index in [1.165, 1.54) is 7.11 Å². The Labute approximate surface area is 163 Å². The fourth-order valence-corrected chi connectivity index (χ4v) is 2.74. The van der Waals surface area contributed by atoms with Gasteiger partial charge in [-0.1, -0.05) is 36.4 Å². The second kappa shape index (κ2) is 8.81. The summed E-state index contributed by atoms with van der Waals surface area (Å²) < 4.78 is 4.80. The lowest BCUT2D eigenvalue weighted by Gasteiger charge is -2.12. The zero-order valence-electron chi connectivity index (χ0n) is 15.7. The zero-order valence-corrected chi connectivity index (χ0v) is 15.7. The molecule has 0 aliphatic heterocycles. The van der Waals surface area contributed by atoms with Crippen LogP contribution in [-0.4, -0.2) is 24.0 Å². The molecule has 1 amide bonds. The minimum atomic E-state index is -0.437. The third-order valence-electron chi connectivity index (χ3n) is 4.30. The predicted octanol–water partition coefficient (Wildman–Crippen LogP) is 3.85. The van der Waals surface area contributed by atoms with Crippen LogP contribution in [0.25, 0.3) is 0 Å². The lowest BCUT2D eigenvalue weighted by Crippen LogP contribution is -2.24. The van der Waals surface area contributed by atoms with Crippen molar-refractivity contribution in [2.24, 2.45) is 0 Å². The Hall–Kier alpha value is -3.67. The van der Waals surface area contributed by atoms with Crippen molar-refractivity contribution in [1.82, 2.24) is 10.3 Å². The molecule has 0 aliphatic rings. The quantitative estimate of drug-likeness (QED) is 0.640. The maximum atomic E-state index is 12.5. The molecular weight excluding hydrogens is 354 g/mol. The normalized spacial score (nSPS) is 10.2. The number of para-hydroxylation sites is 1. The van der Waals surface area contributed by atoms with Crippen molar-refractivity contribution >= 4 is 23.3 Å². The zero-order chi connectivity index (χ0) is 19.9. The fraction of sp³-hybridized carbons (Fsp3) is 0.136. The highest BCUT2D eigenvalue weighted by molar-refractivity contribution is 5.97. The number of carbonyl (C=O) groups is 2. The van der Waals surface area contributed by atoms with E-state index in [9.17, 15) is 9.59 Å². The van der Waals surface area contributed by atoms with E-state index < -0.39 is 5.97 Å². The summed E-state index contributed by atoms with van der Waals surface area (Å²) in [6, 6.07) is 18.3. The summed E-state index contributed by atoms with van der Waals surface area (Å²) in [4.78, 5) is 28.5. The van der Waals surface area contributed by atoms with Gasteiger partial charge >= 0.3 is 5.97 Å². The largest absolute Gasteiger partial charge is 0.465 e. The third-order valence-corrected chi connectivity index (χ3v) is 4.30. The number of hydrogen-bond acceptors (Lipinski definition) is 5. The maximum Gasteiger partial charge on any atom is 0.339 e. The first-order chi connectivity index (χ1) is 13.6. The number of esters is 1. The van der Waals surface area contributed by atoms with Crippen molar-refractivity contribution in [3.05, 3.63) is 89.2 Å². The molecule has 1 aromatic heterocycles. The monoisotopic (exact) mass is 375 g/mol. The van der Waals surface area contributed by atoms with Crippen molar-refractivity contribution in [3.8, 4) is 0 Å². The number of anilines is 2. The summed E-state index contributed by atoms with van der Waals surface area (Å²) in [6.45, 7) is 2.43. The fourth-order valence-electron chi connectivity index (χ4n) is 2.74. The van der Waals surface area contributed by atoms with Crippen molar-refractivity contribution in [3.63, 3.8) is 0 Å². The lowest BCUT2D eigenvalue weighted by atomic mass is 10.1. The van der Waals surface area contributed by atoms with Crippen molar-refractivity contribution < 1.29 is 14.3 Å². The molecule has 142 valence electrons. The van der Waals surface area contributed by atoms with E-state index in [1.807, 2.05) is 37.3 Å². The van der Waals surface area contributed by atoms with Crippen LogP contribution >= 0.6 is 0 Å². The van der Waals surface area contributed by atoms with Crippen LogP contribution in [0, 0.1) is 6.92 Å². The van der Waals surface area contributed by atoms with Gasteiger partial charge in [-0.3, -0.25) is 9.78 Å². The molecule has 1 heterocycles. The summed E-state index contributed by atoms with van der Waals surface area (Å²) in [5.41, 5.74) is 4.10. The molecule has 0 spiro atoms. The number of aromatic nitrogens is 1. The second-order valence-electron chi connectivity index (χ2n) is 6.20. The maximum absolute atomic E-state index is 12.5. The molecule has 0 bridgehead atoms. The van der Waals surface area contributed by atoms with E-state index in [4.69, 9.17) is 4.74 Å². The predicted molar refractivity (Wildman–Crippen MR) is 108 cm³/mol. The standard InChI is InChI=1S/C22H21N3O3/c1-15-7-3-4-8-16(15)14-24-21(26)20-13-17(11-12-23-20)25-19-10-6-5-9-18(19)22(27)28-2/h3-13H,14H2,1-2H3,(H,23,25)(H,24,26). The van der Waals surface area contributed by atoms with Crippen LogP contribution in [0.3, 0.4) is 0 Å². The number of benzene rings is 2. The molecule has 0 atom stereocenters. The average molecular weight is 375 g/mol. The molecule has 0 aliphatic carbocycles. The molecule has 6 heteroatoms. The van der Waals surface area contributed by atoms with Crippen LogP contribution in [0.2, 0.25) is 0 Å². The van der Waals surface area contributed by atoms with Crippen LogP contribution in [0.5, 0.6) is 0 Å². The molecule has 0 fully saturated rings. The second-order valence-corrected chi connectivity index (χ2v) is 6.20. The summed E-state index contributed by atoms with van der Waals surface area (Å²) in [5.74, 6) is -0.707. The highest BCUT2D eigenvalue weighted by Gasteiger charge is 2.13. The van der Waals surface area contributed by atoms with E-state index in [0.29, 0.717) is 23.5 Å². The van der Waals surface area contributed by atoms with E-state index >= 15 is 0 Å². The first-order valence-corrected chi connectivity index (χ1v) is 8.81. The SMILES string of the molecule is COC(=O)c1ccccc1Nc1ccnc(C(=O)NCc2ccccc2C)c1. The van der Waals surface area contributed by atoms with Gasteiger partial charge in [0.1, 0.15) is 5.69 Å². The molecule has 3 rings (SSSR count). The number of aryl methyl sites for hydroxylation is 1. The van der Waals surface area contributed by atoms with Crippen molar-refractivity contribution in [2.75, 3.05) is 12.4 Å². The van der Waals surface area contributed by atoms with Gasteiger partial charge in [-0.15, -0.1) is 0 Å². The van der Waals surface area contributed by atoms with Crippen LogP contribution in [0.15, 0.2) is 66.9 Å². The molecular formula is C22H21N3O3. The lowest BCUT2D eigenvalue weighted by molar-refractivity contribution is 0.0601. The highest BCUT2D eigenvalue weighted by atomic mass is 16.5. The van der Waals surface area contributed by atoms with Gasteiger partial charge in [-0.2, -0.15) is 0 Å². The molecule has 3 aromatic rings. The first kappa shape index (κ1) is 19.1. The van der Waals surface area contributed by atoms with Gasteiger partial charge in [-0.05, 0) is 42.3 Å². The van der Waals surface area contributed by atoms with Gasteiger partial charge in [0.25, 0.3) is 5.91 Å². The minimum absolute atomic E-state index is 0.270. The molecule has 2 aromatic carbocycles. The van der Waals surface area contributed by atoms with Crippen molar-refractivity contribution in [1.29, 1.82) is 0 Å². The summed E-state index contributed by atoms with van der Waals surface area (Å²) in [7, 11) is 1.34. The van der Waals surface area contributed by atoms with Gasteiger partial charge in [0.2, 0.25) is 0 Å². The molecule has 0 saturated carbocycles. The Morgan fingerprint density at radius 3 is 2.57 bits per heavy atom. The van der Waals surface area contributed by atoms with E-state index in [2.05, 4.69) is 15.6 Å². The average Bonchev–Trinajstić information content (AvgIpc) is 2.73. The Kier molecular flexibility index (Phi) is 6.01. The number of methoxy groups -OCH3 is 1. The first-order valence-electron chi connectivity index (χ1n) is 8.81. The molecule has 0 saturated heterocycles. The van der Waals surface area contributed by atoms with Crippen LogP contribution in [0.1, 0.15) is 32.0 Å². The number of nitrogens with one attached hydrogen (secondary N) is 2. The Bertz CT molecular complexity index is 1000. The molecule has 0 unspecified atom stereocenters. The van der Waals surface area contributed by atoms with Crippen LogP contribution < -0.4 is 10.6 Å². The Balaban J connectivity index is 1.73. The summed E-state index contributed by atoms with van der Waals surface area (Å²) in [5, 5.41) is 6.03. The van der Waals surface area contributed by atoms with E-state index in [1.54, 1.807) is 36.5 Å². The van der Waals surface area contributed by atoms with Gasteiger partial charge < -0.3 is 15.4 Å². The molecule has 6 nitrogen and oxygen atoms in total. The number of ether oxygens (including phenoxy) is 1. The molecule has 28 heavy (non-hydrogen) atoms. The van der Waals surface area contributed by atoms with Crippen molar-refractivity contribution in [2.45, 2.75) is 13.5 Å². The number of carbonyl (C=O) groups excluding carboxylic acids is 2. The van der Waals surface area contributed by atoms with E-state index in [0.717, 1.165) is 11.1 Å². The van der Waals surface area contributed by atoms with E-state index in [-0.39, 0.29) is 11.6 Å². The number of amides is 1. The summed E-state index contributed by atoms with van der Waals surface area (Å²) in [6.07, 6.45) is 1.55. The van der Waals surface area contributed by atoms with Gasteiger partial charge in [-0.25, -0.2) is 4.79 Å². The number of nitrogens with zero attached hydrogens (tertiary/aromatic N) is 1. The van der Waals surface area contributed by atoms with Gasteiger partial charge in [0.15, 0.2) is 0 Å². The summed E-state index contributed by atoms with van der Waals surface area (Å²) >= 11 is 0. The van der Waals surface area contributed by atoms with Gasteiger partial charge in [0, 0.05) is 18.4 Å². The number of pyridine rings is 1. The van der Waals surface area contributed by atoms with Gasteiger partial charge in [0.05, 0.1) is 18.4 Å².